The zero-order valence-corrected chi connectivity index (χ0v) is 6.27. The molecule has 2 aliphatic rings. The van der Waals surface area contributed by atoms with Crippen molar-refractivity contribution in [1.29, 1.82) is 0 Å². The third-order valence-electron chi connectivity index (χ3n) is 2.43. The summed E-state index contributed by atoms with van der Waals surface area (Å²) >= 11 is 0. The number of nitrogens with zero attached hydrogens (tertiary/aromatic N) is 1. The Kier molecular flexibility index (Phi) is 1.88. The van der Waals surface area contributed by atoms with E-state index in [4.69, 9.17) is 0 Å². The molecule has 0 aliphatic carbocycles. The van der Waals surface area contributed by atoms with E-state index in [2.05, 4.69) is 15.5 Å². The smallest absolute Gasteiger partial charge is 0.0346 e. The first kappa shape index (κ1) is 6.58. The largest absolute Gasteiger partial charge is 0.314 e. The Morgan fingerprint density at radius 3 is 2.20 bits per heavy atom. The maximum atomic E-state index is 3.36. The number of nitrogens with one attached hydrogen (secondary N) is 2. The van der Waals surface area contributed by atoms with E-state index in [0.717, 1.165) is 6.04 Å². The van der Waals surface area contributed by atoms with Crippen LogP contribution in [-0.4, -0.2) is 50.2 Å². The fraction of sp³-hybridized carbons (Fsp3) is 1.00. The minimum absolute atomic E-state index is 0.849. The normalized spacial score (nSPS) is 30.0. The molecular formula is C7H15N3. The van der Waals surface area contributed by atoms with Crippen molar-refractivity contribution in [2.45, 2.75) is 6.04 Å². The summed E-state index contributed by atoms with van der Waals surface area (Å²) in [5, 5.41) is 6.65. The van der Waals surface area contributed by atoms with Gasteiger partial charge in [-0.3, -0.25) is 4.90 Å². The molecule has 0 bridgehead atoms. The van der Waals surface area contributed by atoms with Crippen molar-refractivity contribution in [3.8, 4) is 0 Å². The van der Waals surface area contributed by atoms with Crippen molar-refractivity contribution >= 4 is 0 Å². The van der Waals surface area contributed by atoms with Gasteiger partial charge in [0, 0.05) is 45.3 Å². The van der Waals surface area contributed by atoms with Crippen molar-refractivity contribution < 1.29 is 0 Å². The SMILES string of the molecule is C1CN(C2CNC2)CCN1. The third kappa shape index (κ3) is 1.17. The lowest BCUT2D eigenvalue weighted by Crippen LogP contribution is -2.61. The maximum absolute atomic E-state index is 3.36. The van der Waals surface area contributed by atoms with Crippen molar-refractivity contribution in [2.24, 2.45) is 0 Å². The molecule has 2 saturated heterocycles. The van der Waals surface area contributed by atoms with Crippen LogP contribution in [0.5, 0.6) is 0 Å². The topological polar surface area (TPSA) is 27.3 Å². The minimum atomic E-state index is 0.849. The molecule has 0 atom stereocenters. The second-order valence-electron chi connectivity index (χ2n) is 3.10. The summed E-state index contributed by atoms with van der Waals surface area (Å²) in [5.41, 5.74) is 0. The second kappa shape index (κ2) is 2.86. The van der Waals surface area contributed by atoms with E-state index in [9.17, 15) is 0 Å². The monoisotopic (exact) mass is 141 g/mol. The summed E-state index contributed by atoms with van der Waals surface area (Å²) in [6.07, 6.45) is 0. The van der Waals surface area contributed by atoms with Gasteiger partial charge < -0.3 is 10.6 Å². The highest BCUT2D eigenvalue weighted by atomic mass is 15.3. The van der Waals surface area contributed by atoms with Crippen LogP contribution in [0.15, 0.2) is 0 Å². The third-order valence-corrected chi connectivity index (χ3v) is 2.43. The molecule has 0 amide bonds. The van der Waals surface area contributed by atoms with Crippen molar-refractivity contribution in [3.05, 3.63) is 0 Å². The first-order chi connectivity index (χ1) is 4.97. The first-order valence-electron chi connectivity index (χ1n) is 4.12. The molecule has 3 heteroatoms. The molecule has 0 aromatic carbocycles. The molecule has 58 valence electrons. The van der Waals surface area contributed by atoms with Gasteiger partial charge in [0.25, 0.3) is 0 Å². The average molecular weight is 141 g/mol. The van der Waals surface area contributed by atoms with E-state index in [1.165, 1.54) is 39.3 Å². The maximum Gasteiger partial charge on any atom is 0.0346 e. The summed E-state index contributed by atoms with van der Waals surface area (Å²) in [6, 6.07) is 0.849. The highest BCUT2D eigenvalue weighted by molar-refractivity contribution is 4.86. The summed E-state index contributed by atoms with van der Waals surface area (Å²) < 4.78 is 0. The molecule has 0 aromatic heterocycles. The van der Waals surface area contributed by atoms with E-state index in [1.54, 1.807) is 0 Å². The van der Waals surface area contributed by atoms with Gasteiger partial charge in [-0.05, 0) is 0 Å². The van der Waals surface area contributed by atoms with Gasteiger partial charge in [-0.1, -0.05) is 0 Å². The lowest BCUT2D eigenvalue weighted by Gasteiger charge is -2.40. The van der Waals surface area contributed by atoms with E-state index in [-0.39, 0.29) is 0 Å². The predicted octanol–water partition coefficient (Wildman–Crippen LogP) is -1.14. The van der Waals surface area contributed by atoms with Crippen LogP contribution in [0, 0.1) is 0 Å². The summed E-state index contributed by atoms with van der Waals surface area (Å²) in [7, 11) is 0. The summed E-state index contributed by atoms with van der Waals surface area (Å²) in [4.78, 5) is 2.58. The molecule has 0 saturated carbocycles. The standard InChI is InChI=1S/C7H15N3/c1-3-10(4-2-8-1)7-5-9-6-7/h7-9H,1-6H2. The van der Waals surface area contributed by atoms with Crippen LogP contribution >= 0.6 is 0 Å². The van der Waals surface area contributed by atoms with E-state index in [0.29, 0.717) is 0 Å². The lowest BCUT2D eigenvalue weighted by atomic mass is 10.1. The summed E-state index contributed by atoms with van der Waals surface area (Å²) in [5.74, 6) is 0. The van der Waals surface area contributed by atoms with Crippen LogP contribution < -0.4 is 10.6 Å². The molecule has 2 N–H and O–H groups in total. The Hall–Kier alpha value is -0.120. The fourth-order valence-corrected chi connectivity index (χ4v) is 1.58. The molecular weight excluding hydrogens is 126 g/mol. The van der Waals surface area contributed by atoms with Gasteiger partial charge in [0.15, 0.2) is 0 Å². The average Bonchev–Trinajstić information content (AvgIpc) is 1.86. The zero-order valence-electron chi connectivity index (χ0n) is 6.27. The van der Waals surface area contributed by atoms with Gasteiger partial charge in [0.2, 0.25) is 0 Å². The van der Waals surface area contributed by atoms with Crippen molar-refractivity contribution in [3.63, 3.8) is 0 Å². The summed E-state index contributed by atoms with van der Waals surface area (Å²) in [6.45, 7) is 7.26. The lowest BCUT2D eigenvalue weighted by molar-refractivity contribution is 0.129. The Morgan fingerprint density at radius 1 is 1.00 bits per heavy atom. The number of piperazine rings is 1. The fourth-order valence-electron chi connectivity index (χ4n) is 1.58. The first-order valence-corrected chi connectivity index (χ1v) is 4.12. The molecule has 3 nitrogen and oxygen atoms in total. The molecule has 2 fully saturated rings. The van der Waals surface area contributed by atoms with Crippen LogP contribution in [0.3, 0.4) is 0 Å². The van der Waals surface area contributed by atoms with Crippen molar-refractivity contribution in [1.82, 2.24) is 15.5 Å². The van der Waals surface area contributed by atoms with Gasteiger partial charge in [-0.2, -0.15) is 0 Å². The molecule has 2 rings (SSSR count). The molecule has 10 heavy (non-hydrogen) atoms. The zero-order chi connectivity index (χ0) is 6.81. The quantitative estimate of drug-likeness (QED) is 0.483. The highest BCUT2D eigenvalue weighted by Gasteiger charge is 2.24. The van der Waals surface area contributed by atoms with Gasteiger partial charge in [0.05, 0.1) is 0 Å². The number of rotatable bonds is 1. The predicted molar refractivity (Wildman–Crippen MR) is 41.1 cm³/mol. The van der Waals surface area contributed by atoms with Crippen LogP contribution in [0.1, 0.15) is 0 Å². The van der Waals surface area contributed by atoms with Crippen LogP contribution in [0.25, 0.3) is 0 Å². The highest BCUT2D eigenvalue weighted by Crippen LogP contribution is 2.04. The van der Waals surface area contributed by atoms with Crippen LogP contribution in [0.4, 0.5) is 0 Å². The Balaban J connectivity index is 1.78. The van der Waals surface area contributed by atoms with Crippen LogP contribution in [-0.2, 0) is 0 Å². The Bertz CT molecular complexity index is 105. The van der Waals surface area contributed by atoms with Gasteiger partial charge in [-0.15, -0.1) is 0 Å². The van der Waals surface area contributed by atoms with Gasteiger partial charge >= 0.3 is 0 Å². The minimum Gasteiger partial charge on any atom is -0.314 e. The molecule has 2 heterocycles. The molecule has 0 unspecified atom stereocenters. The van der Waals surface area contributed by atoms with Gasteiger partial charge in [0.1, 0.15) is 0 Å². The molecule has 0 radical (unpaired) electrons. The van der Waals surface area contributed by atoms with E-state index >= 15 is 0 Å². The van der Waals surface area contributed by atoms with Crippen LogP contribution in [0.2, 0.25) is 0 Å². The van der Waals surface area contributed by atoms with E-state index in [1.807, 2.05) is 0 Å². The Labute approximate surface area is 61.8 Å². The Morgan fingerprint density at radius 2 is 1.70 bits per heavy atom. The number of hydrogen-bond donors (Lipinski definition) is 2. The molecule has 0 spiro atoms. The van der Waals surface area contributed by atoms with Gasteiger partial charge in [-0.25, -0.2) is 0 Å². The molecule has 0 aromatic rings. The molecule has 2 aliphatic heterocycles. The number of hydrogen-bond acceptors (Lipinski definition) is 3. The second-order valence-corrected chi connectivity index (χ2v) is 3.10. The van der Waals surface area contributed by atoms with E-state index < -0.39 is 0 Å². The van der Waals surface area contributed by atoms with Crippen molar-refractivity contribution in [2.75, 3.05) is 39.3 Å².